The molecule has 0 fully saturated rings. The molecule has 2 aliphatic heterocycles. The van der Waals surface area contributed by atoms with E-state index in [0.29, 0.717) is 0 Å². The molecule has 10 aromatic rings. The zero-order valence-corrected chi connectivity index (χ0v) is 39.1. The fraction of sp³-hybridized carbons (Fsp3) is 0.213. The number of hydrogen-bond donors (Lipinski definition) is 0. The quantitative estimate of drug-likeness (QED) is 0.166. The van der Waals surface area contributed by atoms with Crippen LogP contribution in [0.3, 0.4) is 0 Å². The summed E-state index contributed by atoms with van der Waals surface area (Å²) in [5.41, 5.74) is 22.5. The van der Waals surface area contributed by atoms with E-state index in [2.05, 4.69) is 217 Å². The SMILES string of the molecule is Cc1cc2c3c(c1)N(c1ccc(C(C)(C)C)cc1-c1ccccc1)c1c(ccc4oc5ccccc5c14)B3c1cc3c(cc1N2c1ccc2oc4ccccc4c2c1)C(C)(C)CCC3(C)C. The van der Waals surface area contributed by atoms with Crippen molar-refractivity contribution < 1.29 is 8.83 Å². The summed E-state index contributed by atoms with van der Waals surface area (Å²) < 4.78 is 13.2. The molecule has 0 bridgehead atoms. The standard InChI is InChI=1S/C61H53BN2O2/c1-36-30-50-57-51(31-36)64(48-25-22-38(59(2,3)4)32-42(48)37-16-10-9-11-17-37)58-46(24-27-55-56(58)41-19-13-15-21-53(41)66-55)62(57)47-34-44-45(61(7,8)29-28-60(44,5)6)35-49(47)63(50)39-23-26-54-43(33-39)40-18-12-14-20-52(40)65-54/h9-27,30-35H,28-29H2,1-8H3. The first-order valence-electron chi connectivity index (χ1n) is 23.7. The number of nitrogens with zero attached hydrogens (tertiary/aromatic N) is 2. The van der Waals surface area contributed by atoms with E-state index < -0.39 is 0 Å². The van der Waals surface area contributed by atoms with Gasteiger partial charge in [-0.05, 0) is 147 Å². The highest BCUT2D eigenvalue weighted by atomic mass is 16.3. The van der Waals surface area contributed by atoms with Gasteiger partial charge in [0.1, 0.15) is 22.3 Å². The van der Waals surface area contributed by atoms with E-state index in [9.17, 15) is 0 Å². The van der Waals surface area contributed by atoms with Crippen molar-refractivity contribution in [2.24, 2.45) is 0 Å². The van der Waals surface area contributed by atoms with Crippen molar-refractivity contribution in [1.29, 1.82) is 0 Å². The summed E-state index contributed by atoms with van der Waals surface area (Å²) in [6.07, 6.45) is 2.29. The Morgan fingerprint density at radius 3 is 1.88 bits per heavy atom. The fourth-order valence-corrected chi connectivity index (χ4v) is 11.9. The van der Waals surface area contributed by atoms with Crippen molar-refractivity contribution in [3.63, 3.8) is 0 Å². The summed E-state index contributed by atoms with van der Waals surface area (Å²) in [4.78, 5) is 5.20. The van der Waals surface area contributed by atoms with Crippen LogP contribution in [0.4, 0.5) is 34.1 Å². The highest BCUT2D eigenvalue weighted by molar-refractivity contribution is 7.00. The maximum Gasteiger partial charge on any atom is 0.252 e. The van der Waals surface area contributed by atoms with Crippen LogP contribution in [0.5, 0.6) is 0 Å². The van der Waals surface area contributed by atoms with E-state index in [4.69, 9.17) is 8.83 Å². The van der Waals surface area contributed by atoms with Crippen LogP contribution >= 0.6 is 0 Å². The van der Waals surface area contributed by atoms with Crippen LogP contribution in [0.15, 0.2) is 160 Å². The Balaban J connectivity index is 1.19. The van der Waals surface area contributed by atoms with Gasteiger partial charge >= 0.3 is 0 Å². The van der Waals surface area contributed by atoms with Gasteiger partial charge in [-0.3, -0.25) is 0 Å². The molecule has 0 unspecified atom stereocenters. The summed E-state index contributed by atoms with van der Waals surface area (Å²) in [6.45, 7) is 19.0. The first-order chi connectivity index (χ1) is 31.7. The number of para-hydroxylation sites is 2. The van der Waals surface area contributed by atoms with E-state index >= 15 is 0 Å². The van der Waals surface area contributed by atoms with Crippen LogP contribution in [0.25, 0.3) is 55.0 Å². The van der Waals surface area contributed by atoms with Crippen LogP contribution < -0.4 is 26.2 Å². The molecule has 5 heteroatoms. The topological polar surface area (TPSA) is 32.8 Å². The van der Waals surface area contributed by atoms with E-state index in [-0.39, 0.29) is 23.0 Å². The number of rotatable bonds is 3. The van der Waals surface area contributed by atoms with E-state index in [1.54, 1.807) is 0 Å². The molecule has 66 heavy (non-hydrogen) atoms. The lowest BCUT2D eigenvalue weighted by Crippen LogP contribution is -2.62. The molecule has 0 atom stereocenters. The lowest BCUT2D eigenvalue weighted by atomic mass is 9.33. The number of anilines is 6. The molecule has 3 aliphatic rings. The van der Waals surface area contributed by atoms with Gasteiger partial charge in [-0.1, -0.05) is 133 Å². The monoisotopic (exact) mass is 856 g/mol. The Morgan fingerprint density at radius 1 is 0.515 bits per heavy atom. The second kappa shape index (κ2) is 13.5. The van der Waals surface area contributed by atoms with Gasteiger partial charge in [0.15, 0.2) is 0 Å². The number of furan rings is 2. The predicted octanol–water partition coefficient (Wildman–Crippen LogP) is 15.2. The molecule has 0 spiro atoms. The predicted molar refractivity (Wildman–Crippen MR) is 279 cm³/mol. The number of hydrogen-bond acceptors (Lipinski definition) is 4. The molecule has 0 amide bonds. The first-order valence-corrected chi connectivity index (χ1v) is 23.7. The average molecular weight is 857 g/mol. The summed E-state index contributed by atoms with van der Waals surface area (Å²) >= 11 is 0. The van der Waals surface area contributed by atoms with Crippen molar-refractivity contribution in [2.75, 3.05) is 9.80 Å². The molecule has 13 rings (SSSR count). The van der Waals surface area contributed by atoms with Gasteiger partial charge in [0.2, 0.25) is 0 Å². The Labute approximate surface area is 387 Å². The van der Waals surface area contributed by atoms with Crippen LogP contribution in [0.2, 0.25) is 0 Å². The Morgan fingerprint density at radius 2 is 1.14 bits per heavy atom. The third-order valence-corrected chi connectivity index (χ3v) is 15.5. The molecular weight excluding hydrogens is 803 g/mol. The highest BCUT2D eigenvalue weighted by Gasteiger charge is 2.47. The lowest BCUT2D eigenvalue weighted by molar-refractivity contribution is 0.332. The minimum atomic E-state index is -0.0511. The molecule has 0 radical (unpaired) electrons. The maximum absolute atomic E-state index is 6.79. The van der Waals surface area contributed by atoms with Crippen LogP contribution in [0, 0.1) is 6.92 Å². The van der Waals surface area contributed by atoms with Gasteiger partial charge in [0.05, 0.1) is 16.8 Å². The average Bonchev–Trinajstić information content (AvgIpc) is 3.88. The second-order valence-corrected chi connectivity index (χ2v) is 21.6. The van der Waals surface area contributed by atoms with Crippen LogP contribution in [0.1, 0.15) is 83.6 Å². The van der Waals surface area contributed by atoms with E-state index in [1.165, 1.54) is 72.5 Å². The molecule has 4 nitrogen and oxygen atoms in total. The minimum absolute atomic E-state index is 0.0172. The molecule has 0 saturated carbocycles. The van der Waals surface area contributed by atoms with Crippen molar-refractivity contribution in [1.82, 2.24) is 0 Å². The second-order valence-electron chi connectivity index (χ2n) is 21.6. The van der Waals surface area contributed by atoms with Gasteiger partial charge in [0.25, 0.3) is 6.71 Å². The van der Waals surface area contributed by atoms with E-state index in [0.717, 1.165) is 68.1 Å². The normalized spacial score (nSPS) is 15.9. The van der Waals surface area contributed by atoms with Gasteiger partial charge < -0.3 is 18.6 Å². The Hall–Kier alpha value is -6.98. The van der Waals surface area contributed by atoms with Crippen LogP contribution in [-0.2, 0) is 16.2 Å². The van der Waals surface area contributed by atoms with Crippen LogP contribution in [-0.4, -0.2) is 6.71 Å². The fourth-order valence-electron chi connectivity index (χ4n) is 11.9. The van der Waals surface area contributed by atoms with Crippen molar-refractivity contribution in [3.05, 3.63) is 174 Å². The number of benzene rings is 8. The smallest absolute Gasteiger partial charge is 0.252 e. The van der Waals surface area contributed by atoms with Gasteiger partial charge in [-0.15, -0.1) is 0 Å². The zero-order valence-electron chi connectivity index (χ0n) is 39.1. The Bertz CT molecular complexity index is 3680. The largest absolute Gasteiger partial charge is 0.456 e. The van der Waals surface area contributed by atoms with Crippen molar-refractivity contribution in [3.8, 4) is 11.1 Å². The third kappa shape index (κ3) is 5.58. The van der Waals surface area contributed by atoms with Crippen molar-refractivity contribution >= 4 is 101 Å². The molecule has 0 N–H and O–H groups in total. The van der Waals surface area contributed by atoms with Gasteiger partial charge in [0, 0.05) is 44.5 Å². The first kappa shape index (κ1) is 39.4. The summed E-state index contributed by atoms with van der Waals surface area (Å²) in [5, 5.41) is 4.54. The summed E-state index contributed by atoms with van der Waals surface area (Å²) in [5.74, 6) is 0. The Kier molecular flexibility index (Phi) is 8.09. The number of fused-ring (bicyclic) bond motifs is 12. The molecule has 322 valence electrons. The summed E-state index contributed by atoms with van der Waals surface area (Å²) in [7, 11) is 0. The molecule has 1 aliphatic carbocycles. The molecular formula is C61H53BN2O2. The number of aryl methyl sites for hydroxylation is 1. The molecule has 8 aromatic carbocycles. The van der Waals surface area contributed by atoms with Gasteiger partial charge in [-0.2, -0.15) is 0 Å². The lowest BCUT2D eigenvalue weighted by Gasteiger charge is -2.47. The van der Waals surface area contributed by atoms with Crippen molar-refractivity contribution in [2.45, 2.75) is 84.5 Å². The van der Waals surface area contributed by atoms with E-state index in [1.807, 2.05) is 0 Å². The molecule has 2 aromatic heterocycles. The third-order valence-electron chi connectivity index (χ3n) is 15.5. The maximum atomic E-state index is 6.79. The zero-order chi connectivity index (χ0) is 45.0. The highest BCUT2D eigenvalue weighted by Crippen LogP contribution is 2.53. The molecule has 4 heterocycles. The molecule has 0 saturated heterocycles. The van der Waals surface area contributed by atoms with Gasteiger partial charge in [-0.25, -0.2) is 0 Å². The summed E-state index contributed by atoms with van der Waals surface area (Å²) in [6, 6.07) is 56.7. The minimum Gasteiger partial charge on any atom is -0.456 e.